The molecule has 1 heterocycles. The fourth-order valence-electron chi connectivity index (χ4n) is 3.42. The second-order valence-electron chi connectivity index (χ2n) is 5.70. The van der Waals surface area contributed by atoms with Gasteiger partial charge in [0.05, 0.1) is 7.11 Å². The Kier molecular flexibility index (Phi) is 5.01. The molecule has 1 saturated heterocycles. The molecule has 104 valence electrons. The zero-order valence-electron chi connectivity index (χ0n) is 11.7. The van der Waals surface area contributed by atoms with E-state index in [1.54, 1.807) is 0 Å². The maximum absolute atomic E-state index is 11.7. The number of nitrogens with zero attached hydrogens (tertiary/aromatic N) is 1. The highest BCUT2D eigenvalue weighted by Gasteiger charge is 2.37. The van der Waals surface area contributed by atoms with E-state index in [-0.39, 0.29) is 12.0 Å². The largest absolute Gasteiger partial charge is 0.468 e. The van der Waals surface area contributed by atoms with Gasteiger partial charge in [-0.15, -0.1) is 0 Å². The van der Waals surface area contributed by atoms with Crippen LogP contribution in [-0.4, -0.2) is 50.2 Å². The lowest BCUT2D eigenvalue weighted by molar-refractivity contribution is -0.143. The first-order valence-electron chi connectivity index (χ1n) is 7.28. The first-order valence-corrected chi connectivity index (χ1v) is 7.28. The van der Waals surface area contributed by atoms with Crippen LogP contribution >= 0.6 is 0 Å². The van der Waals surface area contributed by atoms with Crippen LogP contribution in [0, 0.1) is 11.8 Å². The van der Waals surface area contributed by atoms with Crippen molar-refractivity contribution in [1.29, 1.82) is 0 Å². The van der Waals surface area contributed by atoms with E-state index in [0.29, 0.717) is 0 Å². The maximum Gasteiger partial charge on any atom is 0.324 e. The third-order valence-corrected chi connectivity index (χ3v) is 4.37. The molecule has 0 spiro atoms. The van der Waals surface area contributed by atoms with Gasteiger partial charge >= 0.3 is 5.97 Å². The summed E-state index contributed by atoms with van der Waals surface area (Å²) in [6, 6.07) is -0.159. The van der Waals surface area contributed by atoms with Crippen LogP contribution in [0.3, 0.4) is 0 Å². The molecule has 0 bridgehead atoms. The van der Waals surface area contributed by atoms with Crippen LogP contribution in [0.2, 0.25) is 0 Å². The summed E-state index contributed by atoms with van der Waals surface area (Å²) < 4.78 is 4.89. The average Bonchev–Trinajstić information content (AvgIpc) is 2.94. The van der Waals surface area contributed by atoms with Crippen molar-refractivity contribution in [3.63, 3.8) is 0 Å². The van der Waals surface area contributed by atoms with Crippen molar-refractivity contribution in [2.75, 3.05) is 33.3 Å². The van der Waals surface area contributed by atoms with E-state index in [1.807, 2.05) is 0 Å². The quantitative estimate of drug-likeness (QED) is 0.725. The summed E-state index contributed by atoms with van der Waals surface area (Å²) >= 11 is 0. The molecule has 1 aliphatic carbocycles. The highest BCUT2D eigenvalue weighted by atomic mass is 16.5. The molecular weight excluding hydrogens is 228 g/mol. The van der Waals surface area contributed by atoms with Crippen LogP contribution in [0.4, 0.5) is 0 Å². The minimum atomic E-state index is -0.159. The highest BCUT2D eigenvalue weighted by Crippen LogP contribution is 2.37. The normalized spacial score (nSPS) is 29.2. The molecule has 0 aromatic carbocycles. The molecule has 4 nitrogen and oxygen atoms in total. The molecule has 2 fully saturated rings. The van der Waals surface area contributed by atoms with Gasteiger partial charge in [0.25, 0.3) is 0 Å². The van der Waals surface area contributed by atoms with Crippen LogP contribution in [-0.2, 0) is 9.53 Å². The van der Waals surface area contributed by atoms with Crippen molar-refractivity contribution >= 4 is 5.97 Å². The number of esters is 1. The highest BCUT2D eigenvalue weighted by molar-refractivity contribution is 5.75. The Bertz CT molecular complexity index is 271. The fourth-order valence-corrected chi connectivity index (χ4v) is 3.42. The Labute approximate surface area is 110 Å². The molecule has 3 unspecified atom stereocenters. The molecule has 4 heteroatoms. The lowest BCUT2D eigenvalue weighted by atomic mass is 10.0. The number of carbonyl (C=O) groups is 1. The van der Waals surface area contributed by atoms with Crippen LogP contribution < -0.4 is 5.32 Å². The molecular formula is C14H26N2O2. The number of rotatable bonds is 6. The van der Waals surface area contributed by atoms with Gasteiger partial charge in [0.1, 0.15) is 6.04 Å². The van der Waals surface area contributed by atoms with Crippen LogP contribution in [0.5, 0.6) is 0 Å². The molecule has 2 rings (SSSR count). The van der Waals surface area contributed by atoms with Gasteiger partial charge in [-0.1, -0.05) is 13.3 Å². The van der Waals surface area contributed by atoms with E-state index in [1.165, 1.54) is 39.5 Å². The molecule has 0 aromatic heterocycles. The number of hydrogen-bond acceptors (Lipinski definition) is 4. The third-order valence-electron chi connectivity index (χ3n) is 4.37. The summed E-state index contributed by atoms with van der Waals surface area (Å²) in [6.45, 7) is 6.14. The summed E-state index contributed by atoms with van der Waals surface area (Å²) in [5.74, 6) is 1.64. The third kappa shape index (κ3) is 3.23. The van der Waals surface area contributed by atoms with E-state index in [2.05, 4.69) is 17.1 Å². The fraction of sp³-hybridized carbons (Fsp3) is 0.929. The van der Waals surface area contributed by atoms with Gasteiger partial charge < -0.3 is 15.0 Å². The van der Waals surface area contributed by atoms with E-state index < -0.39 is 0 Å². The standard InChI is InChI=1S/C14H26N2O2/c1-3-7-15-13(14(17)18-2)10-16-8-11-5-4-6-12(11)9-16/h11-13,15H,3-10H2,1-2H3. The smallest absolute Gasteiger partial charge is 0.324 e. The molecule has 0 amide bonds. The van der Waals surface area contributed by atoms with Gasteiger partial charge in [-0.05, 0) is 37.6 Å². The molecule has 2 aliphatic rings. The number of likely N-dealkylation sites (tertiary alicyclic amines) is 1. The average molecular weight is 254 g/mol. The van der Waals surface area contributed by atoms with Gasteiger partial charge in [0, 0.05) is 19.6 Å². The van der Waals surface area contributed by atoms with E-state index >= 15 is 0 Å². The van der Waals surface area contributed by atoms with E-state index in [4.69, 9.17) is 4.74 Å². The molecule has 1 saturated carbocycles. The number of ether oxygens (including phenoxy) is 1. The SMILES string of the molecule is CCCNC(CN1CC2CCCC2C1)C(=O)OC. The minimum Gasteiger partial charge on any atom is -0.468 e. The van der Waals surface area contributed by atoms with Crippen molar-refractivity contribution in [3.05, 3.63) is 0 Å². The Morgan fingerprint density at radius 3 is 2.61 bits per heavy atom. The Morgan fingerprint density at radius 1 is 1.39 bits per heavy atom. The zero-order chi connectivity index (χ0) is 13.0. The summed E-state index contributed by atoms with van der Waals surface area (Å²) in [6.07, 6.45) is 5.20. The van der Waals surface area contributed by atoms with Crippen molar-refractivity contribution in [2.45, 2.75) is 38.6 Å². The predicted molar refractivity (Wildman–Crippen MR) is 71.4 cm³/mol. The second kappa shape index (κ2) is 6.53. The van der Waals surface area contributed by atoms with Crippen molar-refractivity contribution in [2.24, 2.45) is 11.8 Å². The number of hydrogen-bond donors (Lipinski definition) is 1. The summed E-state index contributed by atoms with van der Waals surface area (Å²) in [5.41, 5.74) is 0. The Morgan fingerprint density at radius 2 is 2.06 bits per heavy atom. The Hall–Kier alpha value is -0.610. The zero-order valence-corrected chi connectivity index (χ0v) is 11.7. The van der Waals surface area contributed by atoms with Gasteiger partial charge in [-0.25, -0.2) is 0 Å². The van der Waals surface area contributed by atoms with Crippen molar-refractivity contribution in [1.82, 2.24) is 10.2 Å². The first kappa shape index (κ1) is 13.8. The van der Waals surface area contributed by atoms with Crippen molar-refractivity contribution < 1.29 is 9.53 Å². The van der Waals surface area contributed by atoms with Gasteiger partial charge in [0.2, 0.25) is 0 Å². The van der Waals surface area contributed by atoms with Crippen LogP contribution in [0.1, 0.15) is 32.6 Å². The van der Waals surface area contributed by atoms with Crippen LogP contribution in [0.15, 0.2) is 0 Å². The summed E-state index contributed by atoms with van der Waals surface area (Å²) in [5, 5.41) is 3.30. The van der Waals surface area contributed by atoms with Crippen LogP contribution in [0.25, 0.3) is 0 Å². The molecule has 3 atom stereocenters. The lowest BCUT2D eigenvalue weighted by Crippen LogP contribution is -2.46. The predicted octanol–water partition coefficient (Wildman–Crippen LogP) is 1.26. The lowest BCUT2D eigenvalue weighted by Gasteiger charge is -2.23. The monoisotopic (exact) mass is 254 g/mol. The van der Waals surface area contributed by atoms with Gasteiger partial charge in [-0.2, -0.15) is 0 Å². The number of carbonyl (C=O) groups excluding carboxylic acids is 1. The summed E-state index contributed by atoms with van der Waals surface area (Å²) in [4.78, 5) is 14.2. The topological polar surface area (TPSA) is 41.6 Å². The van der Waals surface area contributed by atoms with Gasteiger partial charge in [0.15, 0.2) is 0 Å². The Balaban J connectivity index is 1.83. The van der Waals surface area contributed by atoms with Crippen molar-refractivity contribution in [3.8, 4) is 0 Å². The molecule has 1 N–H and O–H groups in total. The molecule has 0 radical (unpaired) electrons. The second-order valence-corrected chi connectivity index (χ2v) is 5.70. The molecule has 0 aromatic rings. The number of methoxy groups -OCH3 is 1. The van der Waals surface area contributed by atoms with Gasteiger partial charge in [-0.3, -0.25) is 4.79 Å². The molecule has 1 aliphatic heterocycles. The first-order chi connectivity index (χ1) is 8.74. The minimum absolute atomic E-state index is 0.125. The van der Waals surface area contributed by atoms with E-state index in [9.17, 15) is 4.79 Å². The number of fused-ring (bicyclic) bond motifs is 1. The number of nitrogens with one attached hydrogen (secondary N) is 1. The molecule has 18 heavy (non-hydrogen) atoms. The summed E-state index contributed by atoms with van der Waals surface area (Å²) in [7, 11) is 1.47. The maximum atomic E-state index is 11.7. The van der Waals surface area contributed by atoms with E-state index in [0.717, 1.165) is 31.3 Å².